The van der Waals surface area contributed by atoms with E-state index in [4.69, 9.17) is 4.52 Å². The van der Waals surface area contributed by atoms with Gasteiger partial charge < -0.3 is 9.84 Å². The Morgan fingerprint density at radius 2 is 1.81 bits per heavy atom. The van der Waals surface area contributed by atoms with Crippen LogP contribution in [0.25, 0.3) is 11.4 Å². The highest BCUT2D eigenvalue weighted by atomic mass is 32.2. The molecule has 0 saturated carbocycles. The van der Waals surface area contributed by atoms with E-state index in [9.17, 15) is 13.2 Å². The molecule has 0 unspecified atom stereocenters. The SMILES string of the molecule is Cc1ccc(C)c(NC(=O)CCc2nc(-c3ccc(S(=O)(=O)N4CCCC4)cc3)no2)c1. The Labute approximate surface area is 187 Å². The number of sulfonamides is 1. The summed E-state index contributed by atoms with van der Waals surface area (Å²) >= 11 is 0. The second kappa shape index (κ2) is 9.22. The Bertz CT molecular complexity index is 1210. The van der Waals surface area contributed by atoms with Crippen LogP contribution in [0.4, 0.5) is 5.69 Å². The number of hydrogen-bond donors (Lipinski definition) is 1. The molecule has 1 N–H and O–H groups in total. The van der Waals surface area contributed by atoms with Crippen LogP contribution < -0.4 is 5.32 Å². The van der Waals surface area contributed by atoms with E-state index in [1.807, 2.05) is 32.0 Å². The van der Waals surface area contributed by atoms with E-state index in [1.165, 1.54) is 4.31 Å². The van der Waals surface area contributed by atoms with Gasteiger partial charge in [-0.25, -0.2) is 8.42 Å². The number of nitrogens with one attached hydrogen (secondary N) is 1. The normalized spacial score (nSPS) is 14.6. The van der Waals surface area contributed by atoms with Gasteiger partial charge in [-0.1, -0.05) is 17.3 Å². The molecule has 0 radical (unpaired) electrons. The van der Waals surface area contributed by atoms with Gasteiger partial charge in [0.2, 0.25) is 27.6 Å². The molecular formula is C23H26N4O4S. The van der Waals surface area contributed by atoms with Crippen molar-refractivity contribution in [2.45, 2.75) is 44.4 Å². The van der Waals surface area contributed by atoms with Crippen molar-refractivity contribution in [1.29, 1.82) is 0 Å². The number of hydrogen-bond acceptors (Lipinski definition) is 6. The number of aromatic nitrogens is 2. The molecule has 2 aromatic carbocycles. The first-order chi connectivity index (χ1) is 15.3. The van der Waals surface area contributed by atoms with E-state index >= 15 is 0 Å². The van der Waals surface area contributed by atoms with Crippen LogP contribution in [-0.4, -0.2) is 41.9 Å². The Balaban J connectivity index is 1.37. The zero-order chi connectivity index (χ0) is 22.7. The van der Waals surface area contributed by atoms with Crippen LogP contribution in [0.3, 0.4) is 0 Å². The van der Waals surface area contributed by atoms with Gasteiger partial charge in [-0.3, -0.25) is 4.79 Å². The molecule has 9 heteroatoms. The second-order valence-corrected chi connectivity index (χ2v) is 9.95. The highest BCUT2D eigenvalue weighted by Gasteiger charge is 2.27. The maximum absolute atomic E-state index is 12.6. The van der Waals surface area contributed by atoms with Crippen LogP contribution in [0.15, 0.2) is 51.9 Å². The van der Waals surface area contributed by atoms with Crippen LogP contribution >= 0.6 is 0 Å². The zero-order valence-electron chi connectivity index (χ0n) is 18.2. The molecule has 168 valence electrons. The first-order valence-corrected chi connectivity index (χ1v) is 12.1. The summed E-state index contributed by atoms with van der Waals surface area (Å²) < 4.78 is 32.1. The molecule has 1 aromatic heterocycles. The number of carbonyl (C=O) groups is 1. The summed E-state index contributed by atoms with van der Waals surface area (Å²) in [6.07, 6.45) is 2.31. The summed E-state index contributed by atoms with van der Waals surface area (Å²) in [7, 11) is -3.46. The minimum Gasteiger partial charge on any atom is -0.339 e. The van der Waals surface area contributed by atoms with E-state index in [-0.39, 0.29) is 17.2 Å². The summed E-state index contributed by atoms with van der Waals surface area (Å²) in [4.78, 5) is 16.9. The fraction of sp³-hybridized carbons (Fsp3) is 0.348. The maximum Gasteiger partial charge on any atom is 0.243 e. The molecule has 32 heavy (non-hydrogen) atoms. The molecule has 0 atom stereocenters. The van der Waals surface area contributed by atoms with Gasteiger partial charge in [-0.15, -0.1) is 0 Å². The summed E-state index contributed by atoms with van der Waals surface area (Å²) in [6.45, 7) is 5.05. The molecule has 0 bridgehead atoms. The number of anilines is 1. The molecule has 0 aliphatic carbocycles. The lowest BCUT2D eigenvalue weighted by atomic mass is 10.1. The Hall–Kier alpha value is -3.04. The Morgan fingerprint density at radius 3 is 2.53 bits per heavy atom. The first-order valence-electron chi connectivity index (χ1n) is 10.6. The van der Waals surface area contributed by atoms with Gasteiger partial charge in [0.25, 0.3) is 0 Å². The minimum atomic E-state index is -3.46. The first kappa shape index (κ1) is 22.2. The van der Waals surface area contributed by atoms with E-state index in [2.05, 4.69) is 15.5 Å². The molecule has 1 fully saturated rings. The number of carbonyl (C=O) groups excluding carboxylic acids is 1. The largest absolute Gasteiger partial charge is 0.339 e. The third-order valence-electron chi connectivity index (χ3n) is 5.52. The molecule has 8 nitrogen and oxygen atoms in total. The fourth-order valence-corrected chi connectivity index (χ4v) is 5.15. The molecule has 4 rings (SSSR count). The van der Waals surface area contributed by atoms with Crippen molar-refractivity contribution in [1.82, 2.24) is 14.4 Å². The molecular weight excluding hydrogens is 428 g/mol. The number of rotatable bonds is 7. The number of benzene rings is 2. The Morgan fingerprint density at radius 1 is 1.09 bits per heavy atom. The smallest absolute Gasteiger partial charge is 0.243 e. The third kappa shape index (κ3) is 4.89. The highest BCUT2D eigenvalue weighted by molar-refractivity contribution is 7.89. The zero-order valence-corrected chi connectivity index (χ0v) is 19.0. The number of aryl methyl sites for hydroxylation is 3. The van der Waals surface area contributed by atoms with Gasteiger partial charge in [-0.05, 0) is 68.1 Å². The molecule has 3 aromatic rings. The lowest BCUT2D eigenvalue weighted by molar-refractivity contribution is -0.116. The highest BCUT2D eigenvalue weighted by Crippen LogP contribution is 2.24. The van der Waals surface area contributed by atoms with Crippen molar-refractivity contribution in [3.8, 4) is 11.4 Å². The van der Waals surface area contributed by atoms with E-state index in [0.717, 1.165) is 29.7 Å². The molecule has 1 aliphatic rings. The minimum absolute atomic E-state index is 0.130. The molecule has 1 amide bonds. The monoisotopic (exact) mass is 454 g/mol. The van der Waals surface area contributed by atoms with E-state index < -0.39 is 10.0 Å². The number of amides is 1. The van der Waals surface area contributed by atoms with Crippen LogP contribution in [-0.2, 0) is 21.2 Å². The molecule has 0 spiro atoms. The van der Waals surface area contributed by atoms with Crippen molar-refractivity contribution >= 4 is 21.6 Å². The van der Waals surface area contributed by atoms with Gasteiger partial charge in [0.1, 0.15) is 0 Å². The maximum atomic E-state index is 12.6. The quantitative estimate of drug-likeness (QED) is 0.583. The van der Waals surface area contributed by atoms with Crippen LogP contribution in [0.5, 0.6) is 0 Å². The molecule has 1 aliphatic heterocycles. The number of nitrogens with zero attached hydrogens (tertiary/aromatic N) is 3. The summed E-state index contributed by atoms with van der Waals surface area (Å²) in [5.74, 6) is 0.583. The summed E-state index contributed by atoms with van der Waals surface area (Å²) in [5.41, 5.74) is 3.52. The average molecular weight is 455 g/mol. The van der Waals surface area contributed by atoms with Crippen molar-refractivity contribution < 1.29 is 17.7 Å². The topological polar surface area (TPSA) is 105 Å². The van der Waals surface area contributed by atoms with Gasteiger partial charge in [0.05, 0.1) is 4.90 Å². The fourth-order valence-electron chi connectivity index (χ4n) is 3.63. The predicted molar refractivity (Wildman–Crippen MR) is 121 cm³/mol. The van der Waals surface area contributed by atoms with Gasteiger partial charge in [0.15, 0.2) is 0 Å². The summed E-state index contributed by atoms with van der Waals surface area (Å²) in [5, 5.41) is 6.88. The molecule has 2 heterocycles. The van der Waals surface area contributed by atoms with Crippen LogP contribution in [0.1, 0.15) is 36.3 Å². The second-order valence-electron chi connectivity index (χ2n) is 8.01. The van der Waals surface area contributed by atoms with Crippen LogP contribution in [0.2, 0.25) is 0 Å². The van der Waals surface area contributed by atoms with Gasteiger partial charge in [-0.2, -0.15) is 9.29 Å². The lowest BCUT2D eigenvalue weighted by Gasteiger charge is -2.15. The lowest BCUT2D eigenvalue weighted by Crippen LogP contribution is -2.27. The van der Waals surface area contributed by atoms with Gasteiger partial charge in [0, 0.05) is 37.2 Å². The van der Waals surface area contributed by atoms with Crippen molar-refractivity contribution in [3.63, 3.8) is 0 Å². The van der Waals surface area contributed by atoms with Crippen molar-refractivity contribution in [2.24, 2.45) is 0 Å². The Kier molecular flexibility index (Phi) is 6.38. The molecule has 1 saturated heterocycles. The van der Waals surface area contributed by atoms with Crippen molar-refractivity contribution in [3.05, 3.63) is 59.5 Å². The van der Waals surface area contributed by atoms with Crippen molar-refractivity contribution in [2.75, 3.05) is 18.4 Å². The van der Waals surface area contributed by atoms with E-state index in [1.54, 1.807) is 24.3 Å². The average Bonchev–Trinajstić information content (AvgIpc) is 3.48. The van der Waals surface area contributed by atoms with Gasteiger partial charge >= 0.3 is 0 Å². The standard InChI is InChI=1S/C23H26N4O4S/c1-16-5-6-17(2)20(15-16)24-21(28)11-12-22-25-23(26-31-22)18-7-9-19(10-8-18)32(29,30)27-13-3-4-14-27/h5-10,15H,3-4,11-14H2,1-2H3,(H,24,28). The summed E-state index contributed by atoms with van der Waals surface area (Å²) in [6, 6.07) is 12.4. The predicted octanol–water partition coefficient (Wildman–Crippen LogP) is 3.71. The third-order valence-corrected chi connectivity index (χ3v) is 7.43. The van der Waals surface area contributed by atoms with Crippen LogP contribution in [0, 0.1) is 13.8 Å². The van der Waals surface area contributed by atoms with E-state index in [0.29, 0.717) is 36.8 Å².